The summed E-state index contributed by atoms with van der Waals surface area (Å²) >= 11 is 0. The van der Waals surface area contributed by atoms with Gasteiger partial charge in [-0.15, -0.1) is 0 Å². The molecule has 1 N–H and O–H groups in total. The molecule has 2 aliphatic heterocycles. The number of amides is 1. The lowest BCUT2D eigenvalue weighted by Gasteiger charge is -2.33. The maximum Gasteiger partial charge on any atom is 0.252 e. The van der Waals surface area contributed by atoms with Gasteiger partial charge in [0, 0.05) is 12.2 Å². The van der Waals surface area contributed by atoms with Gasteiger partial charge in [0.05, 0.1) is 26.2 Å². The molecule has 0 radical (unpaired) electrons. The van der Waals surface area contributed by atoms with Crippen LogP contribution in [0, 0.1) is 6.92 Å². The predicted molar refractivity (Wildman–Crippen MR) is 81.1 cm³/mol. The Kier molecular flexibility index (Phi) is 4.56. The van der Waals surface area contributed by atoms with E-state index in [-0.39, 0.29) is 12.0 Å². The minimum atomic E-state index is -0.164. The van der Waals surface area contributed by atoms with Crippen molar-refractivity contribution in [1.82, 2.24) is 4.90 Å². The largest absolute Gasteiger partial charge is 0.368 e. The predicted octanol–water partition coefficient (Wildman–Crippen LogP) is 0.401. The topological polar surface area (TPSA) is 34.0 Å². The minimum Gasteiger partial charge on any atom is -0.368 e. The summed E-state index contributed by atoms with van der Waals surface area (Å²) in [6, 6.07) is 8.72. The Labute approximate surface area is 126 Å². The fourth-order valence-electron chi connectivity index (χ4n) is 3.31. The molecule has 0 aromatic heterocycles. The van der Waals surface area contributed by atoms with Crippen molar-refractivity contribution in [2.24, 2.45) is 0 Å². The van der Waals surface area contributed by atoms with E-state index in [1.807, 2.05) is 4.90 Å². The summed E-state index contributed by atoms with van der Waals surface area (Å²) in [4.78, 5) is 15.9. The molecule has 0 spiro atoms. The summed E-state index contributed by atoms with van der Waals surface area (Å²) in [5.41, 5.74) is 2.71. The Bertz CT molecular complexity index is 489. The number of rotatable bonds is 3. The molecule has 4 heteroatoms. The lowest BCUT2D eigenvalue weighted by atomic mass is 10.1. The van der Waals surface area contributed by atoms with Crippen molar-refractivity contribution in [3.63, 3.8) is 0 Å². The Hall–Kier alpha value is -1.39. The van der Waals surface area contributed by atoms with Crippen molar-refractivity contribution in [2.75, 3.05) is 32.8 Å². The summed E-state index contributed by atoms with van der Waals surface area (Å²) in [6.07, 6.45) is 1.76. The summed E-state index contributed by atoms with van der Waals surface area (Å²) in [5, 5.41) is 0. The van der Waals surface area contributed by atoms with Gasteiger partial charge in [0.1, 0.15) is 12.6 Å². The second kappa shape index (κ2) is 6.58. The van der Waals surface area contributed by atoms with E-state index in [0.29, 0.717) is 0 Å². The number of carbonyl (C=O) groups excluding carboxylic acids is 1. The standard InChI is InChI=1S/C17H24N2O2/c1-14-4-2-5-15(12-14)13-18-7-9-19(10-8-18)17(20)16-6-3-11-21-16/h2,4-5,12,16H,3,6-11,13H2,1H3/p+1/t16-/m0/s1. The number of piperazine rings is 1. The first-order valence-corrected chi connectivity index (χ1v) is 8.02. The molecule has 0 aliphatic carbocycles. The van der Waals surface area contributed by atoms with Gasteiger partial charge >= 0.3 is 0 Å². The number of hydrogen-bond acceptors (Lipinski definition) is 2. The van der Waals surface area contributed by atoms with Gasteiger partial charge < -0.3 is 14.5 Å². The van der Waals surface area contributed by atoms with Crippen LogP contribution in [0.5, 0.6) is 0 Å². The van der Waals surface area contributed by atoms with Gasteiger partial charge in [0.15, 0.2) is 0 Å². The molecule has 21 heavy (non-hydrogen) atoms. The molecule has 4 nitrogen and oxygen atoms in total. The number of hydrogen-bond donors (Lipinski definition) is 1. The van der Waals surface area contributed by atoms with E-state index < -0.39 is 0 Å². The minimum absolute atomic E-state index is 0.164. The number of nitrogens with one attached hydrogen (secondary N) is 1. The SMILES string of the molecule is Cc1cccc(C[NH+]2CCN(C(=O)[C@@H]3CCCO3)CC2)c1. The summed E-state index contributed by atoms with van der Waals surface area (Å²) < 4.78 is 5.51. The van der Waals surface area contributed by atoms with E-state index in [4.69, 9.17) is 4.74 Å². The fraction of sp³-hybridized carbons (Fsp3) is 0.588. The monoisotopic (exact) mass is 289 g/mol. The average Bonchev–Trinajstić information content (AvgIpc) is 3.01. The first-order chi connectivity index (χ1) is 10.2. The van der Waals surface area contributed by atoms with Crippen LogP contribution in [0.15, 0.2) is 24.3 Å². The van der Waals surface area contributed by atoms with E-state index in [0.717, 1.165) is 52.2 Å². The van der Waals surface area contributed by atoms with Crippen LogP contribution in [0.4, 0.5) is 0 Å². The van der Waals surface area contributed by atoms with Crippen LogP contribution in [-0.2, 0) is 16.1 Å². The van der Waals surface area contributed by atoms with Gasteiger partial charge in [0.2, 0.25) is 0 Å². The maximum atomic E-state index is 12.3. The molecular weight excluding hydrogens is 264 g/mol. The quantitative estimate of drug-likeness (QED) is 0.874. The van der Waals surface area contributed by atoms with E-state index >= 15 is 0 Å². The number of ether oxygens (including phenoxy) is 1. The molecule has 1 amide bonds. The second-order valence-electron chi connectivity index (χ2n) is 6.24. The van der Waals surface area contributed by atoms with Gasteiger partial charge in [-0.05, 0) is 19.8 Å². The van der Waals surface area contributed by atoms with Gasteiger partial charge in [0.25, 0.3) is 5.91 Å². The smallest absolute Gasteiger partial charge is 0.252 e. The number of carbonyl (C=O) groups is 1. The van der Waals surface area contributed by atoms with Crippen LogP contribution >= 0.6 is 0 Å². The molecule has 2 heterocycles. The molecule has 114 valence electrons. The van der Waals surface area contributed by atoms with Crippen LogP contribution in [0.2, 0.25) is 0 Å². The highest BCUT2D eigenvalue weighted by molar-refractivity contribution is 5.81. The van der Waals surface area contributed by atoms with E-state index in [1.165, 1.54) is 11.1 Å². The Morgan fingerprint density at radius 3 is 2.86 bits per heavy atom. The van der Waals surface area contributed by atoms with Crippen LogP contribution in [0.1, 0.15) is 24.0 Å². The molecule has 1 atom stereocenters. The molecule has 0 saturated carbocycles. The Morgan fingerprint density at radius 1 is 1.38 bits per heavy atom. The van der Waals surface area contributed by atoms with E-state index in [9.17, 15) is 4.79 Å². The summed E-state index contributed by atoms with van der Waals surface area (Å²) in [5.74, 6) is 0.210. The number of quaternary nitrogens is 1. The lowest BCUT2D eigenvalue weighted by Crippen LogP contribution is -3.13. The van der Waals surface area contributed by atoms with E-state index in [2.05, 4.69) is 31.2 Å². The molecule has 2 aliphatic rings. The third-order valence-electron chi connectivity index (χ3n) is 4.52. The van der Waals surface area contributed by atoms with Crippen LogP contribution in [0.3, 0.4) is 0 Å². The fourth-order valence-corrected chi connectivity index (χ4v) is 3.31. The number of benzene rings is 1. The number of aryl methyl sites for hydroxylation is 1. The Balaban J connectivity index is 1.49. The van der Waals surface area contributed by atoms with Gasteiger partial charge in [-0.25, -0.2) is 0 Å². The highest BCUT2D eigenvalue weighted by atomic mass is 16.5. The molecule has 1 aromatic rings. The van der Waals surface area contributed by atoms with E-state index in [1.54, 1.807) is 4.90 Å². The van der Waals surface area contributed by atoms with Crippen molar-refractivity contribution in [2.45, 2.75) is 32.4 Å². The molecule has 1 aromatic carbocycles. The lowest BCUT2D eigenvalue weighted by molar-refractivity contribution is -0.917. The van der Waals surface area contributed by atoms with Crippen molar-refractivity contribution < 1.29 is 14.4 Å². The first-order valence-electron chi connectivity index (χ1n) is 8.02. The molecule has 0 bridgehead atoms. The Morgan fingerprint density at radius 2 is 2.19 bits per heavy atom. The van der Waals surface area contributed by atoms with Crippen LogP contribution in [-0.4, -0.2) is 49.7 Å². The molecular formula is C17H25N2O2+. The average molecular weight is 289 g/mol. The molecule has 3 rings (SSSR count). The van der Waals surface area contributed by atoms with Gasteiger partial charge in [-0.3, -0.25) is 4.79 Å². The highest BCUT2D eigenvalue weighted by Gasteiger charge is 2.31. The summed E-state index contributed by atoms with van der Waals surface area (Å²) in [6.45, 7) is 7.73. The van der Waals surface area contributed by atoms with Gasteiger partial charge in [-0.1, -0.05) is 29.8 Å². The zero-order chi connectivity index (χ0) is 14.7. The first kappa shape index (κ1) is 14.5. The van der Waals surface area contributed by atoms with Crippen LogP contribution < -0.4 is 4.90 Å². The maximum absolute atomic E-state index is 12.3. The van der Waals surface area contributed by atoms with Crippen LogP contribution in [0.25, 0.3) is 0 Å². The molecule has 2 saturated heterocycles. The zero-order valence-corrected chi connectivity index (χ0v) is 12.8. The normalized spacial score (nSPS) is 23.5. The van der Waals surface area contributed by atoms with Crippen molar-refractivity contribution in [3.05, 3.63) is 35.4 Å². The third-order valence-corrected chi connectivity index (χ3v) is 4.52. The van der Waals surface area contributed by atoms with Crippen molar-refractivity contribution in [1.29, 1.82) is 0 Å². The third kappa shape index (κ3) is 3.63. The second-order valence-corrected chi connectivity index (χ2v) is 6.24. The highest BCUT2D eigenvalue weighted by Crippen LogP contribution is 2.14. The van der Waals surface area contributed by atoms with Crippen molar-refractivity contribution in [3.8, 4) is 0 Å². The molecule has 0 unspecified atom stereocenters. The molecule has 2 fully saturated rings. The summed E-state index contributed by atoms with van der Waals surface area (Å²) in [7, 11) is 0. The van der Waals surface area contributed by atoms with Crippen molar-refractivity contribution >= 4 is 5.91 Å². The number of nitrogens with zero attached hydrogens (tertiary/aromatic N) is 1. The van der Waals surface area contributed by atoms with Gasteiger partial charge in [-0.2, -0.15) is 0 Å². The zero-order valence-electron chi connectivity index (χ0n) is 12.8.